The summed E-state index contributed by atoms with van der Waals surface area (Å²) in [5, 5.41) is 113. The van der Waals surface area contributed by atoms with Crippen molar-refractivity contribution < 1.29 is 89.3 Å². The number of hydrogen-bond donors (Lipinski definition) is 11. The standard InChI is InChI=1S/C24H42O18/c1-6-8(27)3-9(28)22(37-6)41-19-13(30)11(5-26)39-24(40-18-7(2)36-21(35)16(33)15(18)32)20(19)42-23-17(34)14(31)12(29)10(4-25)38-23/h6-35H,3-5H2,1-2H3/t6-,7-,8+,9+,10+,11+,12-,13+,14-,15-,16+,17+,18-,19-,20-,21+,22-,23+,24+/m0/s1. The molecule has 0 bridgehead atoms. The smallest absolute Gasteiger partial charge is 0.187 e. The monoisotopic (exact) mass is 618 g/mol. The first-order valence-corrected chi connectivity index (χ1v) is 13.7. The Morgan fingerprint density at radius 2 is 1.07 bits per heavy atom. The fourth-order valence-corrected chi connectivity index (χ4v) is 5.37. The van der Waals surface area contributed by atoms with Gasteiger partial charge in [0.15, 0.2) is 25.2 Å². The van der Waals surface area contributed by atoms with Crippen LogP contribution in [0.2, 0.25) is 0 Å². The Balaban J connectivity index is 1.66. The van der Waals surface area contributed by atoms with Gasteiger partial charge in [-0.2, -0.15) is 0 Å². The van der Waals surface area contributed by atoms with Crippen molar-refractivity contribution in [2.24, 2.45) is 0 Å². The summed E-state index contributed by atoms with van der Waals surface area (Å²) in [7, 11) is 0. The maximum atomic E-state index is 11.1. The molecule has 18 nitrogen and oxygen atoms in total. The lowest BCUT2D eigenvalue weighted by Crippen LogP contribution is -2.67. The third-order valence-corrected chi connectivity index (χ3v) is 8.00. The minimum Gasteiger partial charge on any atom is -0.394 e. The molecule has 4 heterocycles. The summed E-state index contributed by atoms with van der Waals surface area (Å²) in [6, 6.07) is 0. The van der Waals surface area contributed by atoms with E-state index in [1.54, 1.807) is 0 Å². The van der Waals surface area contributed by atoms with Crippen LogP contribution >= 0.6 is 0 Å². The topological polar surface area (TPSA) is 287 Å². The van der Waals surface area contributed by atoms with Crippen LogP contribution in [0.15, 0.2) is 0 Å². The van der Waals surface area contributed by atoms with Crippen molar-refractivity contribution >= 4 is 0 Å². The molecule has 0 amide bonds. The summed E-state index contributed by atoms with van der Waals surface area (Å²) >= 11 is 0. The molecule has 246 valence electrons. The fourth-order valence-electron chi connectivity index (χ4n) is 5.37. The van der Waals surface area contributed by atoms with Crippen molar-refractivity contribution in [3.8, 4) is 0 Å². The Kier molecular flexibility index (Phi) is 11.5. The SMILES string of the molecule is C[C@@H]1O[C@@H](O)[C@H](O)[C@H](O)[C@H]1O[C@H]1O[C@H](CO)[C@@H](O)[C@H](O[C@@H]2O[C@@H](C)[C@H](O)C[C@H]2O)[C@@H]1O[C@H]1O[C@H](CO)[C@H](O)[C@H](O)[C@H]1O. The van der Waals surface area contributed by atoms with Gasteiger partial charge in [0.2, 0.25) is 0 Å². The Morgan fingerprint density at radius 1 is 0.500 bits per heavy atom. The van der Waals surface area contributed by atoms with E-state index < -0.39 is 130 Å². The molecule has 11 N–H and O–H groups in total. The number of ether oxygens (including phenoxy) is 7. The van der Waals surface area contributed by atoms with Gasteiger partial charge in [-0.15, -0.1) is 0 Å². The van der Waals surface area contributed by atoms with E-state index in [1.165, 1.54) is 13.8 Å². The van der Waals surface area contributed by atoms with Crippen molar-refractivity contribution in [2.45, 2.75) is 137 Å². The van der Waals surface area contributed by atoms with Gasteiger partial charge in [0.1, 0.15) is 73.2 Å². The zero-order valence-corrected chi connectivity index (χ0v) is 22.9. The first kappa shape index (κ1) is 34.2. The highest BCUT2D eigenvalue weighted by molar-refractivity contribution is 4.97. The molecule has 42 heavy (non-hydrogen) atoms. The molecule has 0 spiro atoms. The maximum absolute atomic E-state index is 11.1. The molecule has 4 aliphatic rings. The zero-order chi connectivity index (χ0) is 31.0. The van der Waals surface area contributed by atoms with Crippen LogP contribution in [0.25, 0.3) is 0 Å². The molecule has 4 saturated heterocycles. The van der Waals surface area contributed by atoms with Gasteiger partial charge in [-0.3, -0.25) is 0 Å². The van der Waals surface area contributed by atoms with Gasteiger partial charge in [-0.25, -0.2) is 0 Å². The maximum Gasteiger partial charge on any atom is 0.187 e. The second-order valence-corrected chi connectivity index (χ2v) is 11.0. The molecule has 4 rings (SSSR count). The molecule has 0 unspecified atom stereocenters. The van der Waals surface area contributed by atoms with E-state index in [2.05, 4.69) is 0 Å². The quantitative estimate of drug-likeness (QED) is 0.120. The van der Waals surface area contributed by atoms with E-state index in [0.29, 0.717) is 0 Å². The van der Waals surface area contributed by atoms with Crippen LogP contribution in [-0.4, -0.2) is 186 Å². The largest absolute Gasteiger partial charge is 0.394 e. The molecule has 18 heteroatoms. The summed E-state index contributed by atoms with van der Waals surface area (Å²) in [6.07, 6.45) is -29.4. The highest BCUT2D eigenvalue weighted by Gasteiger charge is 2.55. The van der Waals surface area contributed by atoms with E-state index in [9.17, 15) is 56.2 Å². The predicted octanol–water partition coefficient (Wildman–Crippen LogP) is -6.66. The second-order valence-electron chi connectivity index (χ2n) is 11.0. The Bertz CT molecular complexity index is 852. The van der Waals surface area contributed by atoms with E-state index in [1.807, 2.05) is 0 Å². The highest BCUT2D eigenvalue weighted by atomic mass is 16.8. The number of aliphatic hydroxyl groups is 11. The van der Waals surface area contributed by atoms with E-state index in [4.69, 9.17) is 33.2 Å². The molecule has 0 radical (unpaired) electrons. The lowest BCUT2D eigenvalue weighted by Gasteiger charge is -2.50. The minimum atomic E-state index is -1.91. The van der Waals surface area contributed by atoms with Crippen LogP contribution in [0.4, 0.5) is 0 Å². The summed E-state index contributed by atoms with van der Waals surface area (Å²) < 4.78 is 39.6. The van der Waals surface area contributed by atoms with Crippen LogP contribution in [0.3, 0.4) is 0 Å². The average molecular weight is 619 g/mol. The zero-order valence-electron chi connectivity index (χ0n) is 22.9. The summed E-state index contributed by atoms with van der Waals surface area (Å²) in [4.78, 5) is 0. The van der Waals surface area contributed by atoms with Crippen LogP contribution < -0.4 is 0 Å². The molecule has 4 fully saturated rings. The van der Waals surface area contributed by atoms with Crippen molar-refractivity contribution in [1.82, 2.24) is 0 Å². The van der Waals surface area contributed by atoms with E-state index >= 15 is 0 Å². The lowest BCUT2D eigenvalue weighted by atomic mass is 9.95. The van der Waals surface area contributed by atoms with E-state index in [-0.39, 0.29) is 6.42 Å². The summed E-state index contributed by atoms with van der Waals surface area (Å²) in [6.45, 7) is 1.35. The van der Waals surface area contributed by atoms with Crippen molar-refractivity contribution in [3.63, 3.8) is 0 Å². The molecule has 19 atom stereocenters. The number of hydrogen-bond acceptors (Lipinski definition) is 18. The van der Waals surface area contributed by atoms with Crippen LogP contribution in [0, 0.1) is 0 Å². The second kappa shape index (κ2) is 14.1. The van der Waals surface area contributed by atoms with Gasteiger partial charge >= 0.3 is 0 Å². The van der Waals surface area contributed by atoms with Crippen molar-refractivity contribution in [3.05, 3.63) is 0 Å². The van der Waals surface area contributed by atoms with Gasteiger partial charge in [0, 0.05) is 6.42 Å². The fraction of sp³-hybridized carbons (Fsp3) is 1.00. The Hall–Kier alpha value is -0.720. The van der Waals surface area contributed by atoms with Crippen molar-refractivity contribution in [2.75, 3.05) is 13.2 Å². The van der Waals surface area contributed by atoms with Gasteiger partial charge in [0.05, 0.1) is 31.5 Å². The molecular formula is C24H42O18. The number of aliphatic hydroxyl groups excluding tert-OH is 11. The van der Waals surface area contributed by atoms with Crippen LogP contribution in [0.5, 0.6) is 0 Å². The minimum absolute atomic E-state index is 0.157. The first-order chi connectivity index (χ1) is 19.8. The Labute approximate surface area is 240 Å². The molecular weight excluding hydrogens is 576 g/mol. The summed E-state index contributed by atoms with van der Waals surface area (Å²) in [5.41, 5.74) is 0. The van der Waals surface area contributed by atoms with Crippen LogP contribution in [-0.2, 0) is 33.2 Å². The normalized spacial score (nSPS) is 54.1. The van der Waals surface area contributed by atoms with Gasteiger partial charge in [-0.1, -0.05) is 0 Å². The molecule has 0 aromatic heterocycles. The lowest BCUT2D eigenvalue weighted by molar-refractivity contribution is -0.401. The third kappa shape index (κ3) is 6.91. The molecule has 0 aromatic rings. The first-order valence-electron chi connectivity index (χ1n) is 13.7. The van der Waals surface area contributed by atoms with E-state index in [0.717, 1.165) is 0 Å². The number of rotatable bonds is 8. The van der Waals surface area contributed by atoms with Gasteiger partial charge in [0.25, 0.3) is 0 Å². The van der Waals surface area contributed by atoms with Crippen molar-refractivity contribution in [1.29, 1.82) is 0 Å². The molecule has 0 aromatic carbocycles. The highest BCUT2D eigenvalue weighted by Crippen LogP contribution is 2.35. The van der Waals surface area contributed by atoms with Gasteiger partial charge in [-0.05, 0) is 13.8 Å². The third-order valence-electron chi connectivity index (χ3n) is 8.00. The molecule has 0 saturated carbocycles. The predicted molar refractivity (Wildman–Crippen MR) is 130 cm³/mol. The Morgan fingerprint density at radius 3 is 1.71 bits per heavy atom. The summed E-state index contributed by atoms with van der Waals surface area (Å²) in [5.74, 6) is 0. The van der Waals surface area contributed by atoms with Crippen LogP contribution in [0.1, 0.15) is 20.3 Å². The average Bonchev–Trinajstić information content (AvgIpc) is 2.95. The molecule has 4 aliphatic heterocycles. The van der Waals surface area contributed by atoms with Gasteiger partial charge < -0.3 is 89.3 Å². The molecule has 0 aliphatic carbocycles.